The van der Waals surface area contributed by atoms with Gasteiger partial charge in [-0.05, 0) is 28.3 Å². The topological polar surface area (TPSA) is 46.2 Å². The van der Waals surface area contributed by atoms with Crippen LogP contribution in [0, 0.1) is 0 Å². The highest BCUT2D eigenvalue weighted by atomic mass is 16.3. The van der Waals surface area contributed by atoms with Gasteiger partial charge >= 0.3 is 0 Å². The molecule has 16 heavy (non-hydrogen) atoms. The Kier molecular flexibility index (Phi) is 3.34. The van der Waals surface area contributed by atoms with Crippen molar-refractivity contribution < 1.29 is 5.11 Å². The molecule has 0 bridgehead atoms. The molecule has 0 aliphatic carbocycles. The molecule has 0 saturated heterocycles. The molecule has 0 aliphatic rings. The number of rotatable bonds is 3. The van der Waals surface area contributed by atoms with Gasteiger partial charge in [0.1, 0.15) is 0 Å². The molecule has 0 radical (unpaired) electrons. The van der Waals surface area contributed by atoms with Gasteiger partial charge in [-0.1, -0.05) is 42.5 Å². The highest BCUT2D eigenvalue weighted by Crippen LogP contribution is 2.22. The minimum absolute atomic E-state index is 0.0433. The highest BCUT2D eigenvalue weighted by molar-refractivity contribution is 5.64. The number of aliphatic hydroxyl groups excluding tert-OH is 1. The molecule has 2 aromatic rings. The van der Waals surface area contributed by atoms with Crippen molar-refractivity contribution in [1.29, 1.82) is 0 Å². The summed E-state index contributed by atoms with van der Waals surface area (Å²) in [4.78, 5) is 0. The van der Waals surface area contributed by atoms with Gasteiger partial charge in [-0.2, -0.15) is 0 Å². The summed E-state index contributed by atoms with van der Waals surface area (Å²) in [7, 11) is 0. The second-order valence-electron chi connectivity index (χ2n) is 3.71. The van der Waals surface area contributed by atoms with Crippen LogP contribution in [0.3, 0.4) is 0 Å². The summed E-state index contributed by atoms with van der Waals surface area (Å²) in [6.07, 6.45) is 0. The van der Waals surface area contributed by atoms with E-state index in [1.54, 1.807) is 0 Å². The molecule has 0 fully saturated rings. The van der Waals surface area contributed by atoms with Crippen molar-refractivity contribution in [3.05, 3.63) is 59.7 Å². The van der Waals surface area contributed by atoms with Crippen molar-refractivity contribution in [2.24, 2.45) is 5.73 Å². The molecule has 3 N–H and O–H groups in total. The van der Waals surface area contributed by atoms with E-state index >= 15 is 0 Å². The molecule has 0 atom stereocenters. The molecule has 0 aromatic heterocycles. The van der Waals surface area contributed by atoms with E-state index in [4.69, 9.17) is 10.8 Å². The molecule has 0 unspecified atom stereocenters. The fourth-order valence-electron chi connectivity index (χ4n) is 1.78. The van der Waals surface area contributed by atoms with Crippen molar-refractivity contribution in [2.45, 2.75) is 13.2 Å². The van der Waals surface area contributed by atoms with Gasteiger partial charge in [0.2, 0.25) is 0 Å². The first-order valence-corrected chi connectivity index (χ1v) is 5.33. The van der Waals surface area contributed by atoms with E-state index in [-0.39, 0.29) is 6.61 Å². The Labute approximate surface area is 95.4 Å². The molecule has 2 aromatic carbocycles. The lowest BCUT2D eigenvalue weighted by molar-refractivity contribution is 0.280. The fourth-order valence-corrected chi connectivity index (χ4v) is 1.78. The van der Waals surface area contributed by atoms with Gasteiger partial charge in [0.25, 0.3) is 0 Å². The maximum Gasteiger partial charge on any atom is 0.0685 e. The quantitative estimate of drug-likeness (QED) is 0.821. The van der Waals surface area contributed by atoms with Gasteiger partial charge in [0, 0.05) is 6.54 Å². The van der Waals surface area contributed by atoms with Crippen molar-refractivity contribution in [1.82, 2.24) is 0 Å². The molecule has 0 saturated carbocycles. The third-order valence-corrected chi connectivity index (χ3v) is 2.70. The summed E-state index contributed by atoms with van der Waals surface area (Å²) >= 11 is 0. The van der Waals surface area contributed by atoms with E-state index in [9.17, 15) is 0 Å². The van der Waals surface area contributed by atoms with Crippen LogP contribution >= 0.6 is 0 Å². The smallest absolute Gasteiger partial charge is 0.0685 e. The van der Waals surface area contributed by atoms with E-state index in [2.05, 4.69) is 12.1 Å². The summed E-state index contributed by atoms with van der Waals surface area (Å²) in [5.74, 6) is 0. The molecule has 0 heterocycles. The average Bonchev–Trinajstić information content (AvgIpc) is 2.39. The first kappa shape index (κ1) is 10.9. The summed E-state index contributed by atoms with van der Waals surface area (Å²) < 4.78 is 0. The van der Waals surface area contributed by atoms with Crippen LogP contribution in [0.15, 0.2) is 48.5 Å². The van der Waals surface area contributed by atoms with Crippen LogP contribution < -0.4 is 5.73 Å². The monoisotopic (exact) mass is 213 g/mol. The van der Waals surface area contributed by atoms with E-state index in [0.717, 1.165) is 16.7 Å². The predicted octanol–water partition coefficient (Wildman–Crippen LogP) is 2.30. The van der Waals surface area contributed by atoms with E-state index in [1.807, 2.05) is 36.4 Å². The van der Waals surface area contributed by atoms with Crippen LogP contribution in [0.4, 0.5) is 0 Å². The van der Waals surface area contributed by atoms with E-state index in [1.165, 1.54) is 5.56 Å². The number of hydrogen-bond donors (Lipinski definition) is 2. The van der Waals surface area contributed by atoms with E-state index < -0.39 is 0 Å². The summed E-state index contributed by atoms with van der Waals surface area (Å²) in [6.45, 7) is 0.498. The lowest BCUT2D eigenvalue weighted by Gasteiger charge is -2.08. The standard InChI is InChI=1S/C14H15NO/c15-9-14-8-12(6-7-13(14)10-16)11-4-2-1-3-5-11/h1-8,16H,9-10,15H2. The molecular weight excluding hydrogens is 198 g/mol. The lowest BCUT2D eigenvalue weighted by Crippen LogP contribution is -2.01. The third kappa shape index (κ3) is 2.13. The normalized spacial score (nSPS) is 10.4. The Hall–Kier alpha value is -1.64. The summed E-state index contributed by atoms with van der Waals surface area (Å²) in [5, 5.41) is 9.16. The van der Waals surface area contributed by atoms with Crippen LogP contribution in [0.25, 0.3) is 11.1 Å². The summed E-state index contributed by atoms with van der Waals surface area (Å²) in [6, 6.07) is 16.1. The Morgan fingerprint density at radius 2 is 1.62 bits per heavy atom. The van der Waals surface area contributed by atoms with Crippen LogP contribution in [0.1, 0.15) is 11.1 Å². The minimum Gasteiger partial charge on any atom is -0.392 e. The Morgan fingerprint density at radius 3 is 2.25 bits per heavy atom. The second-order valence-corrected chi connectivity index (χ2v) is 3.71. The Morgan fingerprint density at radius 1 is 0.875 bits per heavy atom. The highest BCUT2D eigenvalue weighted by Gasteiger charge is 2.03. The van der Waals surface area contributed by atoms with Gasteiger partial charge in [-0.25, -0.2) is 0 Å². The number of aliphatic hydroxyl groups is 1. The molecule has 2 nitrogen and oxygen atoms in total. The molecule has 0 spiro atoms. The predicted molar refractivity (Wildman–Crippen MR) is 65.7 cm³/mol. The van der Waals surface area contributed by atoms with Crippen LogP contribution in [-0.4, -0.2) is 5.11 Å². The van der Waals surface area contributed by atoms with Crippen molar-refractivity contribution in [2.75, 3.05) is 0 Å². The zero-order chi connectivity index (χ0) is 11.4. The molecule has 82 valence electrons. The number of nitrogens with two attached hydrogens (primary N) is 1. The first-order chi connectivity index (χ1) is 7.85. The first-order valence-electron chi connectivity index (χ1n) is 5.33. The number of benzene rings is 2. The SMILES string of the molecule is NCc1cc(-c2ccccc2)ccc1CO. The van der Waals surface area contributed by atoms with Crippen molar-refractivity contribution in [3.8, 4) is 11.1 Å². The van der Waals surface area contributed by atoms with Crippen LogP contribution in [-0.2, 0) is 13.2 Å². The van der Waals surface area contributed by atoms with E-state index in [0.29, 0.717) is 6.54 Å². The molecule has 0 amide bonds. The maximum atomic E-state index is 9.16. The van der Waals surface area contributed by atoms with Crippen LogP contribution in [0.2, 0.25) is 0 Å². The second kappa shape index (κ2) is 4.92. The Balaban J connectivity index is 2.44. The fraction of sp³-hybridized carbons (Fsp3) is 0.143. The molecular formula is C14H15NO. The van der Waals surface area contributed by atoms with Gasteiger partial charge < -0.3 is 10.8 Å². The molecule has 2 rings (SSSR count). The number of hydrogen-bond acceptors (Lipinski definition) is 2. The zero-order valence-electron chi connectivity index (χ0n) is 9.06. The van der Waals surface area contributed by atoms with Gasteiger partial charge in [-0.3, -0.25) is 0 Å². The largest absolute Gasteiger partial charge is 0.392 e. The van der Waals surface area contributed by atoms with Crippen molar-refractivity contribution >= 4 is 0 Å². The molecule has 2 heteroatoms. The maximum absolute atomic E-state index is 9.16. The zero-order valence-corrected chi connectivity index (χ0v) is 9.06. The third-order valence-electron chi connectivity index (χ3n) is 2.70. The lowest BCUT2D eigenvalue weighted by atomic mass is 9.99. The van der Waals surface area contributed by atoms with Gasteiger partial charge in [0.05, 0.1) is 6.61 Å². The van der Waals surface area contributed by atoms with Gasteiger partial charge in [-0.15, -0.1) is 0 Å². The average molecular weight is 213 g/mol. The van der Waals surface area contributed by atoms with Crippen molar-refractivity contribution in [3.63, 3.8) is 0 Å². The van der Waals surface area contributed by atoms with Crippen LogP contribution in [0.5, 0.6) is 0 Å². The minimum atomic E-state index is 0.0433. The molecule has 0 aliphatic heterocycles. The Bertz CT molecular complexity index is 465. The summed E-state index contributed by atoms with van der Waals surface area (Å²) in [5.41, 5.74) is 9.88. The van der Waals surface area contributed by atoms with Gasteiger partial charge in [0.15, 0.2) is 0 Å².